The summed E-state index contributed by atoms with van der Waals surface area (Å²) in [4.78, 5) is 0. The molecule has 3 aliphatic carbocycles. The average molecular weight is 221 g/mol. The van der Waals surface area contributed by atoms with Gasteiger partial charge in [-0.1, -0.05) is 25.7 Å². The number of fused-ring (bicyclic) bond motifs is 3. The summed E-state index contributed by atoms with van der Waals surface area (Å²) in [6, 6.07) is 0. The third-order valence-corrected chi connectivity index (χ3v) is 5.83. The van der Waals surface area contributed by atoms with E-state index in [2.05, 4.69) is 0 Å². The molecule has 0 amide bonds. The second-order valence-electron chi connectivity index (χ2n) is 6.62. The summed E-state index contributed by atoms with van der Waals surface area (Å²) in [6.07, 6.45) is 13.6. The van der Waals surface area contributed by atoms with Gasteiger partial charge in [0.05, 0.1) is 0 Å². The Hall–Kier alpha value is -0.0400. The second-order valence-corrected chi connectivity index (χ2v) is 6.62. The number of nitrogens with two attached hydrogens (primary N) is 1. The van der Waals surface area contributed by atoms with E-state index in [4.69, 9.17) is 5.73 Å². The minimum Gasteiger partial charge on any atom is -0.330 e. The van der Waals surface area contributed by atoms with Crippen LogP contribution in [0.4, 0.5) is 0 Å². The normalized spacial score (nSPS) is 47.4. The van der Waals surface area contributed by atoms with Gasteiger partial charge in [-0.05, 0) is 68.2 Å². The van der Waals surface area contributed by atoms with E-state index in [0.29, 0.717) is 0 Å². The summed E-state index contributed by atoms with van der Waals surface area (Å²) in [6.45, 7) is 0.916. The molecule has 0 aromatic heterocycles. The van der Waals surface area contributed by atoms with Gasteiger partial charge in [-0.3, -0.25) is 0 Å². The van der Waals surface area contributed by atoms with E-state index in [-0.39, 0.29) is 0 Å². The first-order valence-electron chi connectivity index (χ1n) is 7.58. The smallest absolute Gasteiger partial charge is 0.00746 e. The van der Waals surface area contributed by atoms with Crippen molar-refractivity contribution in [1.82, 2.24) is 0 Å². The third-order valence-electron chi connectivity index (χ3n) is 5.83. The van der Waals surface area contributed by atoms with Crippen LogP contribution in [-0.4, -0.2) is 6.54 Å². The van der Waals surface area contributed by atoms with Gasteiger partial charge in [0.2, 0.25) is 0 Å². The molecule has 0 aromatic rings. The Bertz CT molecular complexity index is 216. The summed E-state index contributed by atoms with van der Waals surface area (Å²) < 4.78 is 0. The second kappa shape index (κ2) is 4.68. The van der Waals surface area contributed by atoms with Crippen molar-refractivity contribution in [3.63, 3.8) is 0 Å². The molecule has 0 aromatic carbocycles. The SMILES string of the molecule is NCCC1CC2CCCC2C2CCCC2C1. The predicted molar refractivity (Wildman–Crippen MR) is 68.1 cm³/mol. The lowest BCUT2D eigenvalue weighted by Crippen LogP contribution is -2.19. The van der Waals surface area contributed by atoms with Crippen LogP contribution in [0.1, 0.15) is 57.8 Å². The number of hydrogen-bond donors (Lipinski definition) is 1. The molecule has 0 spiro atoms. The van der Waals surface area contributed by atoms with Crippen molar-refractivity contribution in [2.45, 2.75) is 57.8 Å². The highest BCUT2D eigenvalue weighted by atomic mass is 14.5. The third kappa shape index (κ3) is 1.92. The van der Waals surface area contributed by atoms with Gasteiger partial charge in [0.15, 0.2) is 0 Å². The maximum absolute atomic E-state index is 5.78. The van der Waals surface area contributed by atoms with Crippen molar-refractivity contribution in [3.8, 4) is 0 Å². The van der Waals surface area contributed by atoms with Crippen LogP contribution < -0.4 is 5.73 Å². The summed E-state index contributed by atoms with van der Waals surface area (Å²) >= 11 is 0. The Balaban J connectivity index is 1.76. The lowest BCUT2D eigenvalue weighted by molar-refractivity contribution is 0.230. The van der Waals surface area contributed by atoms with Crippen LogP contribution in [-0.2, 0) is 0 Å². The first-order chi connectivity index (χ1) is 7.88. The van der Waals surface area contributed by atoms with Crippen molar-refractivity contribution in [1.29, 1.82) is 0 Å². The van der Waals surface area contributed by atoms with Gasteiger partial charge < -0.3 is 5.73 Å². The van der Waals surface area contributed by atoms with Crippen molar-refractivity contribution in [3.05, 3.63) is 0 Å². The highest BCUT2D eigenvalue weighted by molar-refractivity contribution is 4.94. The Morgan fingerprint density at radius 3 is 1.88 bits per heavy atom. The van der Waals surface area contributed by atoms with Gasteiger partial charge >= 0.3 is 0 Å². The van der Waals surface area contributed by atoms with Crippen molar-refractivity contribution in [2.75, 3.05) is 6.54 Å². The first-order valence-corrected chi connectivity index (χ1v) is 7.58. The molecule has 3 aliphatic rings. The fourth-order valence-corrected chi connectivity index (χ4v) is 5.27. The molecule has 0 heterocycles. The molecule has 3 rings (SSSR count). The minimum atomic E-state index is 0.916. The average Bonchev–Trinajstić information content (AvgIpc) is 2.85. The highest BCUT2D eigenvalue weighted by Gasteiger charge is 2.43. The topological polar surface area (TPSA) is 26.0 Å². The van der Waals surface area contributed by atoms with Crippen LogP contribution >= 0.6 is 0 Å². The van der Waals surface area contributed by atoms with Crippen LogP contribution in [0.15, 0.2) is 0 Å². The lowest BCUT2D eigenvalue weighted by atomic mass is 9.79. The first kappa shape index (κ1) is 11.1. The Kier molecular flexibility index (Phi) is 3.24. The van der Waals surface area contributed by atoms with Crippen molar-refractivity contribution in [2.24, 2.45) is 35.3 Å². The zero-order valence-corrected chi connectivity index (χ0v) is 10.5. The van der Waals surface area contributed by atoms with E-state index in [1.165, 1.54) is 44.9 Å². The van der Waals surface area contributed by atoms with Crippen molar-refractivity contribution < 1.29 is 0 Å². The molecule has 4 atom stereocenters. The Morgan fingerprint density at radius 2 is 1.38 bits per heavy atom. The van der Waals surface area contributed by atoms with Gasteiger partial charge in [0, 0.05) is 0 Å². The molecule has 1 nitrogen and oxygen atoms in total. The number of hydrogen-bond acceptors (Lipinski definition) is 1. The summed E-state index contributed by atoms with van der Waals surface area (Å²) in [5.74, 6) is 5.39. The number of rotatable bonds is 2. The fraction of sp³-hybridized carbons (Fsp3) is 1.00. The molecule has 92 valence electrons. The van der Waals surface area contributed by atoms with Gasteiger partial charge in [-0.25, -0.2) is 0 Å². The largest absolute Gasteiger partial charge is 0.330 e. The maximum Gasteiger partial charge on any atom is -0.00746 e. The van der Waals surface area contributed by atoms with E-state index < -0.39 is 0 Å². The molecular weight excluding hydrogens is 194 g/mol. The van der Waals surface area contributed by atoms with Crippen LogP contribution in [0.3, 0.4) is 0 Å². The molecule has 0 bridgehead atoms. The molecule has 0 radical (unpaired) electrons. The van der Waals surface area contributed by atoms with Crippen LogP contribution in [0.25, 0.3) is 0 Å². The zero-order chi connectivity index (χ0) is 11.0. The molecule has 2 N–H and O–H groups in total. The standard InChI is InChI=1S/C15H27N/c16-8-7-11-9-12-3-1-5-14(12)15-6-2-4-13(15)10-11/h11-15H,1-10,16H2. The summed E-state index contributed by atoms with van der Waals surface area (Å²) in [5.41, 5.74) is 5.78. The van der Waals surface area contributed by atoms with Crippen LogP contribution in [0, 0.1) is 29.6 Å². The van der Waals surface area contributed by atoms with Gasteiger partial charge in [0.25, 0.3) is 0 Å². The van der Waals surface area contributed by atoms with E-state index in [1.807, 2.05) is 0 Å². The minimum absolute atomic E-state index is 0.916. The highest BCUT2D eigenvalue weighted by Crippen LogP contribution is 2.53. The Labute approximate surface area is 100 Å². The fourth-order valence-electron chi connectivity index (χ4n) is 5.27. The molecule has 4 unspecified atom stereocenters. The molecular formula is C15H27N. The van der Waals surface area contributed by atoms with E-state index in [1.54, 1.807) is 12.8 Å². The van der Waals surface area contributed by atoms with Gasteiger partial charge in [-0.15, -0.1) is 0 Å². The predicted octanol–water partition coefficient (Wildman–Crippen LogP) is 3.58. The molecule has 16 heavy (non-hydrogen) atoms. The van der Waals surface area contributed by atoms with E-state index in [9.17, 15) is 0 Å². The quantitative estimate of drug-likeness (QED) is 0.758. The summed E-state index contributed by atoms with van der Waals surface area (Å²) in [7, 11) is 0. The van der Waals surface area contributed by atoms with E-state index in [0.717, 1.165) is 36.1 Å². The van der Waals surface area contributed by atoms with Gasteiger partial charge in [0.1, 0.15) is 0 Å². The molecule has 3 fully saturated rings. The maximum atomic E-state index is 5.78. The molecule has 3 saturated carbocycles. The monoisotopic (exact) mass is 221 g/mol. The Morgan fingerprint density at radius 1 is 0.812 bits per heavy atom. The summed E-state index contributed by atoms with van der Waals surface area (Å²) in [5, 5.41) is 0. The van der Waals surface area contributed by atoms with Gasteiger partial charge in [-0.2, -0.15) is 0 Å². The van der Waals surface area contributed by atoms with Crippen LogP contribution in [0.5, 0.6) is 0 Å². The molecule has 1 heteroatoms. The molecule has 0 saturated heterocycles. The molecule has 0 aliphatic heterocycles. The van der Waals surface area contributed by atoms with E-state index >= 15 is 0 Å². The lowest BCUT2D eigenvalue weighted by Gasteiger charge is -2.26. The van der Waals surface area contributed by atoms with Crippen LogP contribution in [0.2, 0.25) is 0 Å². The van der Waals surface area contributed by atoms with Crippen molar-refractivity contribution >= 4 is 0 Å². The zero-order valence-electron chi connectivity index (χ0n) is 10.5.